The van der Waals surface area contributed by atoms with Crippen LogP contribution in [-0.4, -0.2) is 47.9 Å². The molecule has 2 aromatic rings. The Morgan fingerprint density at radius 1 is 1.27 bits per heavy atom. The number of nitrogens with one attached hydrogen (secondary N) is 1. The number of carbonyl (C=O) groups excluding carboxylic acids is 2. The average Bonchev–Trinajstić information content (AvgIpc) is 3.01. The van der Waals surface area contributed by atoms with E-state index in [0.717, 1.165) is 12.8 Å². The molecule has 136 valence electrons. The second-order valence-corrected chi connectivity index (χ2v) is 6.36. The summed E-state index contributed by atoms with van der Waals surface area (Å²) in [4.78, 5) is 30.5. The first-order chi connectivity index (χ1) is 12.7. The van der Waals surface area contributed by atoms with Crippen molar-refractivity contribution in [2.75, 3.05) is 20.2 Å². The summed E-state index contributed by atoms with van der Waals surface area (Å²) in [5, 5.41) is 2.92. The van der Waals surface area contributed by atoms with E-state index in [0.29, 0.717) is 25.1 Å². The van der Waals surface area contributed by atoms with Crippen LogP contribution in [0.25, 0.3) is 0 Å². The van der Waals surface area contributed by atoms with Crippen LogP contribution >= 0.6 is 0 Å². The quantitative estimate of drug-likeness (QED) is 0.827. The van der Waals surface area contributed by atoms with Gasteiger partial charge >= 0.3 is 0 Å². The van der Waals surface area contributed by atoms with Crippen LogP contribution in [-0.2, 0) is 11.2 Å². The zero-order valence-corrected chi connectivity index (χ0v) is 14.9. The molecule has 2 amide bonds. The fourth-order valence-electron chi connectivity index (χ4n) is 3.19. The van der Waals surface area contributed by atoms with Crippen LogP contribution in [0, 0.1) is 0 Å². The molecular formula is C20H23N3O3. The number of rotatable bonds is 7. The summed E-state index contributed by atoms with van der Waals surface area (Å²) in [6.07, 6.45) is 3.75. The molecule has 0 bridgehead atoms. The van der Waals surface area contributed by atoms with Crippen LogP contribution in [0.1, 0.15) is 28.8 Å². The third-order valence-corrected chi connectivity index (χ3v) is 4.50. The lowest BCUT2D eigenvalue weighted by molar-refractivity contribution is -0.127. The second-order valence-electron chi connectivity index (χ2n) is 6.36. The summed E-state index contributed by atoms with van der Waals surface area (Å²) < 4.78 is 5.12. The van der Waals surface area contributed by atoms with Gasteiger partial charge in [0.2, 0.25) is 11.8 Å². The van der Waals surface area contributed by atoms with Crippen molar-refractivity contribution in [1.29, 1.82) is 0 Å². The van der Waals surface area contributed by atoms with Gasteiger partial charge in [0.05, 0.1) is 13.2 Å². The standard InChI is InChI=1S/C20H23N3O3/c1-26-20-17(10-5-11-21-20)19(25)22-16-13-18(24)23(14-16)12-6-9-15-7-3-2-4-8-15/h2-5,7-8,10-11,16H,6,9,12-14H2,1H3,(H,22,25)/t16-/m0/s1. The molecule has 1 saturated heterocycles. The highest BCUT2D eigenvalue weighted by Crippen LogP contribution is 2.16. The molecule has 6 nitrogen and oxygen atoms in total. The number of benzene rings is 1. The number of aromatic nitrogens is 1. The Morgan fingerprint density at radius 3 is 2.85 bits per heavy atom. The normalized spacial score (nSPS) is 16.6. The van der Waals surface area contributed by atoms with Crippen LogP contribution in [0.15, 0.2) is 48.7 Å². The van der Waals surface area contributed by atoms with Crippen molar-refractivity contribution < 1.29 is 14.3 Å². The van der Waals surface area contributed by atoms with E-state index in [-0.39, 0.29) is 23.7 Å². The number of pyridine rings is 1. The first-order valence-corrected chi connectivity index (χ1v) is 8.79. The van der Waals surface area contributed by atoms with Crippen molar-refractivity contribution in [1.82, 2.24) is 15.2 Å². The first kappa shape index (κ1) is 17.9. The molecule has 1 aromatic carbocycles. The van der Waals surface area contributed by atoms with Crippen molar-refractivity contribution in [2.45, 2.75) is 25.3 Å². The molecule has 1 fully saturated rings. The Labute approximate surface area is 153 Å². The lowest BCUT2D eigenvalue weighted by atomic mass is 10.1. The largest absolute Gasteiger partial charge is 0.480 e. The maximum atomic E-state index is 12.4. The number of carbonyl (C=O) groups is 2. The van der Waals surface area contributed by atoms with E-state index in [2.05, 4.69) is 22.4 Å². The molecular weight excluding hydrogens is 330 g/mol. The van der Waals surface area contributed by atoms with Gasteiger partial charge in [-0.25, -0.2) is 4.98 Å². The summed E-state index contributed by atoms with van der Waals surface area (Å²) in [6.45, 7) is 1.25. The van der Waals surface area contributed by atoms with Gasteiger partial charge in [-0.05, 0) is 30.5 Å². The highest BCUT2D eigenvalue weighted by atomic mass is 16.5. The number of hydrogen-bond donors (Lipinski definition) is 1. The van der Waals surface area contributed by atoms with Gasteiger partial charge < -0.3 is 15.0 Å². The van der Waals surface area contributed by atoms with Crippen LogP contribution in [0.3, 0.4) is 0 Å². The van der Waals surface area contributed by atoms with E-state index in [1.54, 1.807) is 18.3 Å². The number of nitrogens with zero attached hydrogens (tertiary/aromatic N) is 2. The Balaban J connectivity index is 1.50. The lowest BCUT2D eigenvalue weighted by Crippen LogP contribution is -2.37. The van der Waals surface area contributed by atoms with E-state index in [1.807, 2.05) is 23.1 Å². The first-order valence-electron chi connectivity index (χ1n) is 8.79. The third-order valence-electron chi connectivity index (χ3n) is 4.50. The van der Waals surface area contributed by atoms with Gasteiger partial charge in [0.1, 0.15) is 5.56 Å². The topological polar surface area (TPSA) is 71.5 Å². The molecule has 2 heterocycles. The number of aryl methyl sites for hydroxylation is 1. The van der Waals surface area contributed by atoms with Crippen molar-refractivity contribution in [3.63, 3.8) is 0 Å². The van der Waals surface area contributed by atoms with Gasteiger partial charge in [-0.2, -0.15) is 0 Å². The predicted molar refractivity (Wildman–Crippen MR) is 98.0 cm³/mol. The summed E-state index contributed by atoms with van der Waals surface area (Å²) in [5.41, 5.74) is 1.65. The summed E-state index contributed by atoms with van der Waals surface area (Å²) >= 11 is 0. The van der Waals surface area contributed by atoms with Gasteiger partial charge in [-0.3, -0.25) is 9.59 Å². The molecule has 0 unspecified atom stereocenters. The predicted octanol–water partition coefficient (Wildman–Crippen LogP) is 2.05. The van der Waals surface area contributed by atoms with Crippen LogP contribution in [0.4, 0.5) is 0 Å². The minimum absolute atomic E-state index is 0.0847. The van der Waals surface area contributed by atoms with Gasteiger partial charge in [0.15, 0.2) is 0 Å². The van der Waals surface area contributed by atoms with E-state index >= 15 is 0 Å². The zero-order chi connectivity index (χ0) is 18.4. The van der Waals surface area contributed by atoms with E-state index in [4.69, 9.17) is 4.74 Å². The average molecular weight is 353 g/mol. The molecule has 1 aromatic heterocycles. The molecule has 0 spiro atoms. The highest BCUT2D eigenvalue weighted by Gasteiger charge is 2.30. The Kier molecular flexibility index (Phi) is 5.84. The minimum atomic E-state index is -0.265. The SMILES string of the molecule is COc1ncccc1C(=O)N[C@H]1CC(=O)N(CCCc2ccccc2)C1. The fourth-order valence-corrected chi connectivity index (χ4v) is 3.19. The minimum Gasteiger partial charge on any atom is -0.480 e. The highest BCUT2D eigenvalue weighted by molar-refractivity contribution is 5.97. The fraction of sp³-hybridized carbons (Fsp3) is 0.350. The number of ether oxygens (including phenoxy) is 1. The number of methoxy groups -OCH3 is 1. The van der Waals surface area contributed by atoms with Crippen molar-refractivity contribution in [3.8, 4) is 5.88 Å². The van der Waals surface area contributed by atoms with Gasteiger partial charge in [-0.15, -0.1) is 0 Å². The molecule has 1 atom stereocenters. The van der Waals surface area contributed by atoms with E-state index in [9.17, 15) is 9.59 Å². The summed E-state index contributed by atoms with van der Waals surface area (Å²) in [6, 6.07) is 13.4. The third kappa shape index (κ3) is 4.39. The molecule has 1 aliphatic heterocycles. The summed E-state index contributed by atoms with van der Waals surface area (Å²) in [5.74, 6) is 0.106. The van der Waals surface area contributed by atoms with Crippen LogP contribution < -0.4 is 10.1 Å². The zero-order valence-electron chi connectivity index (χ0n) is 14.9. The van der Waals surface area contributed by atoms with Crippen molar-refractivity contribution >= 4 is 11.8 Å². The maximum Gasteiger partial charge on any atom is 0.257 e. The lowest BCUT2D eigenvalue weighted by Gasteiger charge is -2.17. The van der Waals surface area contributed by atoms with Crippen molar-refractivity contribution in [3.05, 3.63) is 59.8 Å². The molecule has 6 heteroatoms. The van der Waals surface area contributed by atoms with Gasteiger partial charge in [0.25, 0.3) is 5.91 Å². The monoisotopic (exact) mass is 353 g/mol. The molecule has 0 aliphatic carbocycles. The number of hydrogen-bond acceptors (Lipinski definition) is 4. The van der Waals surface area contributed by atoms with Crippen LogP contribution in [0.5, 0.6) is 5.88 Å². The second kappa shape index (κ2) is 8.47. The maximum absolute atomic E-state index is 12.4. The number of likely N-dealkylation sites (tertiary alicyclic amines) is 1. The molecule has 0 radical (unpaired) electrons. The van der Waals surface area contributed by atoms with Crippen molar-refractivity contribution in [2.24, 2.45) is 0 Å². The number of amides is 2. The Bertz CT molecular complexity index is 764. The van der Waals surface area contributed by atoms with Gasteiger partial charge in [0, 0.05) is 25.7 Å². The summed E-state index contributed by atoms with van der Waals surface area (Å²) in [7, 11) is 1.48. The Hall–Kier alpha value is -2.89. The van der Waals surface area contributed by atoms with E-state index in [1.165, 1.54) is 12.7 Å². The molecule has 1 N–H and O–H groups in total. The van der Waals surface area contributed by atoms with Crippen LogP contribution in [0.2, 0.25) is 0 Å². The Morgan fingerprint density at radius 2 is 2.08 bits per heavy atom. The molecule has 26 heavy (non-hydrogen) atoms. The molecule has 1 aliphatic rings. The molecule has 3 rings (SSSR count). The molecule has 0 saturated carbocycles. The van der Waals surface area contributed by atoms with E-state index < -0.39 is 0 Å². The smallest absolute Gasteiger partial charge is 0.257 e. The van der Waals surface area contributed by atoms with Gasteiger partial charge in [-0.1, -0.05) is 30.3 Å².